The maximum atomic E-state index is 6.27. The maximum Gasteiger partial charge on any atom is 0.146 e. The molecule has 3 aromatic carbocycles. The van der Waals surface area contributed by atoms with Crippen molar-refractivity contribution in [1.29, 1.82) is 0 Å². The Morgan fingerprint density at radius 1 is 0.905 bits per heavy atom. The zero-order valence-electron chi connectivity index (χ0n) is 11.6. The number of hydrogen-bond donors (Lipinski definition) is 1. The van der Waals surface area contributed by atoms with Crippen molar-refractivity contribution in [3.05, 3.63) is 71.2 Å². The van der Waals surface area contributed by atoms with Gasteiger partial charge in [0.15, 0.2) is 0 Å². The van der Waals surface area contributed by atoms with E-state index >= 15 is 0 Å². The number of benzene rings is 3. The van der Waals surface area contributed by atoms with E-state index in [1.165, 1.54) is 5.39 Å². The van der Waals surface area contributed by atoms with Crippen molar-refractivity contribution in [2.45, 2.75) is 6.42 Å². The van der Waals surface area contributed by atoms with Gasteiger partial charge >= 0.3 is 0 Å². The van der Waals surface area contributed by atoms with Crippen LogP contribution in [0, 0.1) is 0 Å². The van der Waals surface area contributed by atoms with Gasteiger partial charge in [0.05, 0.1) is 5.02 Å². The fraction of sp³-hybridized carbons (Fsp3) is 0.111. The Morgan fingerprint density at radius 3 is 2.48 bits per heavy atom. The molecule has 0 aliphatic heterocycles. The van der Waals surface area contributed by atoms with E-state index in [-0.39, 0.29) is 0 Å². The van der Waals surface area contributed by atoms with Crippen molar-refractivity contribution in [3.8, 4) is 11.5 Å². The quantitative estimate of drug-likeness (QED) is 0.751. The van der Waals surface area contributed by atoms with Crippen LogP contribution >= 0.6 is 11.6 Å². The summed E-state index contributed by atoms with van der Waals surface area (Å²) in [4.78, 5) is 0. The number of nitrogens with two attached hydrogens (primary N) is 1. The van der Waals surface area contributed by atoms with Crippen LogP contribution in [0.25, 0.3) is 10.8 Å². The molecule has 0 fully saturated rings. The normalized spacial score (nSPS) is 10.8. The SMILES string of the molecule is NCCc1ccc(Oc2ccc3ccccc3c2)c(Cl)c1. The minimum absolute atomic E-state index is 0.606. The fourth-order valence-electron chi connectivity index (χ4n) is 2.31. The highest BCUT2D eigenvalue weighted by Crippen LogP contribution is 2.31. The Kier molecular flexibility index (Phi) is 4.09. The predicted molar refractivity (Wildman–Crippen MR) is 88.2 cm³/mol. The van der Waals surface area contributed by atoms with Gasteiger partial charge in [-0.05, 0) is 53.6 Å². The first-order chi connectivity index (χ1) is 10.3. The lowest BCUT2D eigenvalue weighted by Crippen LogP contribution is -2.02. The van der Waals surface area contributed by atoms with E-state index in [2.05, 4.69) is 12.1 Å². The molecule has 0 aliphatic carbocycles. The predicted octanol–water partition coefficient (Wildman–Crippen LogP) is 4.79. The summed E-state index contributed by atoms with van der Waals surface area (Å²) in [6.07, 6.45) is 0.815. The lowest BCUT2D eigenvalue weighted by atomic mass is 10.1. The molecule has 0 saturated carbocycles. The van der Waals surface area contributed by atoms with Gasteiger partial charge in [0.25, 0.3) is 0 Å². The second-order valence-corrected chi connectivity index (χ2v) is 5.32. The summed E-state index contributed by atoms with van der Waals surface area (Å²) in [6.45, 7) is 0.612. The number of hydrogen-bond acceptors (Lipinski definition) is 2. The van der Waals surface area contributed by atoms with Crippen LogP contribution in [0.15, 0.2) is 60.7 Å². The maximum absolute atomic E-state index is 6.27. The lowest BCUT2D eigenvalue weighted by molar-refractivity contribution is 0.483. The van der Waals surface area contributed by atoms with Crippen LogP contribution in [-0.2, 0) is 6.42 Å². The molecule has 3 heteroatoms. The van der Waals surface area contributed by atoms with Crippen LogP contribution in [0.1, 0.15) is 5.56 Å². The van der Waals surface area contributed by atoms with Gasteiger partial charge in [0.2, 0.25) is 0 Å². The second-order valence-electron chi connectivity index (χ2n) is 4.91. The molecule has 2 nitrogen and oxygen atoms in total. The molecule has 3 aromatic rings. The second kappa shape index (κ2) is 6.17. The molecule has 0 radical (unpaired) electrons. The van der Waals surface area contributed by atoms with Gasteiger partial charge in [0, 0.05) is 0 Å². The smallest absolute Gasteiger partial charge is 0.146 e. The standard InChI is InChI=1S/C18H16ClNO/c19-17-11-13(9-10-20)5-8-18(17)21-16-7-6-14-3-1-2-4-15(14)12-16/h1-8,11-12H,9-10,20H2. The molecular formula is C18H16ClNO. The molecule has 0 saturated heterocycles. The third kappa shape index (κ3) is 3.18. The first kappa shape index (κ1) is 13.9. The monoisotopic (exact) mass is 297 g/mol. The molecule has 106 valence electrons. The lowest BCUT2D eigenvalue weighted by Gasteiger charge is -2.10. The Hall–Kier alpha value is -2.03. The molecule has 21 heavy (non-hydrogen) atoms. The molecule has 0 atom stereocenters. The van der Waals surface area contributed by atoms with Gasteiger partial charge in [-0.15, -0.1) is 0 Å². The van der Waals surface area contributed by atoms with Crippen molar-refractivity contribution in [2.24, 2.45) is 5.73 Å². The zero-order valence-corrected chi connectivity index (χ0v) is 12.3. The Labute approximate surface area is 129 Å². The van der Waals surface area contributed by atoms with Crippen LogP contribution < -0.4 is 10.5 Å². The van der Waals surface area contributed by atoms with Crippen LogP contribution in [0.3, 0.4) is 0 Å². The van der Waals surface area contributed by atoms with E-state index in [0.29, 0.717) is 17.3 Å². The summed E-state index contributed by atoms with van der Waals surface area (Å²) in [5.74, 6) is 1.44. The molecule has 0 spiro atoms. The summed E-state index contributed by atoms with van der Waals surface area (Å²) >= 11 is 6.27. The Morgan fingerprint density at radius 2 is 1.71 bits per heavy atom. The number of ether oxygens (including phenoxy) is 1. The molecule has 0 amide bonds. The molecular weight excluding hydrogens is 282 g/mol. The molecule has 0 aromatic heterocycles. The van der Waals surface area contributed by atoms with Gasteiger partial charge < -0.3 is 10.5 Å². The number of rotatable bonds is 4. The van der Waals surface area contributed by atoms with Gasteiger partial charge in [-0.25, -0.2) is 0 Å². The minimum atomic E-state index is 0.606. The molecule has 0 unspecified atom stereocenters. The van der Waals surface area contributed by atoms with E-state index in [1.807, 2.05) is 48.5 Å². The van der Waals surface area contributed by atoms with E-state index in [9.17, 15) is 0 Å². The third-order valence-electron chi connectivity index (χ3n) is 3.38. The van der Waals surface area contributed by atoms with Gasteiger partial charge in [-0.3, -0.25) is 0 Å². The van der Waals surface area contributed by atoms with Crippen molar-refractivity contribution < 1.29 is 4.74 Å². The van der Waals surface area contributed by atoms with Crippen molar-refractivity contribution in [1.82, 2.24) is 0 Å². The van der Waals surface area contributed by atoms with Crippen LogP contribution in [0.4, 0.5) is 0 Å². The largest absolute Gasteiger partial charge is 0.456 e. The number of fused-ring (bicyclic) bond motifs is 1. The van der Waals surface area contributed by atoms with Crippen LogP contribution in [-0.4, -0.2) is 6.54 Å². The topological polar surface area (TPSA) is 35.2 Å². The van der Waals surface area contributed by atoms with Gasteiger partial charge in [-0.2, -0.15) is 0 Å². The van der Waals surface area contributed by atoms with Crippen molar-refractivity contribution >= 4 is 22.4 Å². The molecule has 0 aliphatic rings. The average molecular weight is 298 g/mol. The minimum Gasteiger partial charge on any atom is -0.456 e. The van der Waals surface area contributed by atoms with E-state index in [0.717, 1.165) is 23.1 Å². The molecule has 2 N–H and O–H groups in total. The highest BCUT2D eigenvalue weighted by Gasteiger charge is 2.05. The summed E-state index contributed by atoms with van der Waals surface area (Å²) in [5.41, 5.74) is 6.67. The molecule has 3 rings (SSSR count). The van der Waals surface area contributed by atoms with Crippen LogP contribution in [0.2, 0.25) is 5.02 Å². The number of halogens is 1. The zero-order chi connectivity index (χ0) is 14.7. The fourth-order valence-corrected chi connectivity index (χ4v) is 2.55. The summed E-state index contributed by atoms with van der Waals surface area (Å²) in [7, 11) is 0. The first-order valence-electron chi connectivity index (χ1n) is 6.91. The van der Waals surface area contributed by atoms with Crippen molar-refractivity contribution in [2.75, 3.05) is 6.54 Å². The molecule has 0 bridgehead atoms. The Balaban J connectivity index is 1.87. The van der Waals surface area contributed by atoms with Gasteiger partial charge in [0.1, 0.15) is 11.5 Å². The third-order valence-corrected chi connectivity index (χ3v) is 3.67. The van der Waals surface area contributed by atoms with Gasteiger partial charge in [-0.1, -0.05) is 48.0 Å². The van der Waals surface area contributed by atoms with Crippen LogP contribution in [0.5, 0.6) is 11.5 Å². The molecule has 0 heterocycles. The highest BCUT2D eigenvalue weighted by molar-refractivity contribution is 6.32. The van der Waals surface area contributed by atoms with E-state index in [1.54, 1.807) is 0 Å². The Bertz CT molecular complexity index is 770. The highest BCUT2D eigenvalue weighted by atomic mass is 35.5. The first-order valence-corrected chi connectivity index (χ1v) is 7.29. The van der Waals surface area contributed by atoms with E-state index in [4.69, 9.17) is 22.1 Å². The summed E-state index contributed by atoms with van der Waals surface area (Å²) < 4.78 is 5.89. The summed E-state index contributed by atoms with van der Waals surface area (Å²) in [5, 5.41) is 2.94. The summed E-state index contributed by atoms with van der Waals surface area (Å²) in [6, 6.07) is 20.0. The average Bonchev–Trinajstić information content (AvgIpc) is 2.50. The van der Waals surface area contributed by atoms with E-state index < -0.39 is 0 Å². The van der Waals surface area contributed by atoms with Crippen molar-refractivity contribution in [3.63, 3.8) is 0 Å².